The highest BCUT2D eigenvalue weighted by Gasteiger charge is 2.34. The molecule has 7 heteroatoms. The molecule has 7 nitrogen and oxygen atoms in total. The normalized spacial score (nSPS) is 14.3. The van der Waals surface area contributed by atoms with E-state index < -0.39 is 23.6 Å². The van der Waals surface area contributed by atoms with Crippen molar-refractivity contribution in [3.8, 4) is 11.5 Å². The van der Waals surface area contributed by atoms with Gasteiger partial charge in [0.05, 0.1) is 23.8 Å². The van der Waals surface area contributed by atoms with Crippen molar-refractivity contribution in [3.05, 3.63) is 46.6 Å². The van der Waals surface area contributed by atoms with E-state index in [0.29, 0.717) is 6.42 Å². The molecule has 1 atom stereocenters. The molecule has 0 spiro atoms. The summed E-state index contributed by atoms with van der Waals surface area (Å²) in [6.45, 7) is 5.10. The fourth-order valence-corrected chi connectivity index (χ4v) is 2.73. The van der Waals surface area contributed by atoms with Gasteiger partial charge < -0.3 is 19.7 Å². The molecule has 0 aromatic heterocycles. The summed E-state index contributed by atoms with van der Waals surface area (Å²) in [6, 6.07) is 2.32. The van der Waals surface area contributed by atoms with Crippen LogP contribution >= 0.6 is 0 Å². The summed E-state index contributed by atoms with van der Waals surface area (Å²) in [6.07, 6.45) is 2.54. The monoisotopic (exact) mass is 374 g/mol. The summed E-state index contributed by atoms with van der Waals surface area (Å²) in [7, 11) is 0. The first-order valence-corrected chi connectivity index (χ1v) is 8.46. The molecule has 0 aliphatic heterocycles. The van der Waals surface area contributed by atoms with Gasteiger partial charge in [-0.3, -0.25) is 14.4 Å². The lowest BCUT2D eigenvalue weighted by Crippen LogP contribution is -2.28. The van der Waals surface area contributed by atoms with E-state index in [1.165, 1.54) is 6.92 Å². The molecular weight excluding hydrogens is 352 g/mol. The molecule has 0 fully saturated rings. The van der Waals surface area contributed by atoms with Crippen molar-refractivity contribution in [3.63, 3.8) is 0 Å². The van der Waals surface area contributed by atoms with Gasteiger partial charge in [0.2, 0.25) is 0 Å². The highest BCUT2D eigenvalue weighted by molar-refractivity contribution is 6.27. The Labute approximate surface area is 156 Å². The highest BCUT2D eigenvalue weighted by atomic mass is 16.6. The van der Waals surface area contributed by atoms with Crippen molar-refractivity contribution in [2.75, 3.05) is 13.2 Å². The van der Waals surface area contributed by atoms with E-state index in [2.05, 4.69) is 0 Å². The molecule has 1 aliphatic rings. The molecule has 0 radical (unpaired) electrons. The van der Waals surface area contributed by atoms with Crippen molar-refractivity contribution in [2.24, 2.45) is 0 Å². The summed E-state index contributed by atoms with van der Waals surface area (Å²) in [5.41, 5.74) is 0.626. The maximum atomic E-state index is 12.9. The van der Waals surface area contributed by atoms with Gasteiger partial charge >= 0.3 is 5.97 Å². The van der Waals surface area contributed by atoms with Gasteiger partial charge in [0, 0.05) is 12.5 Å². The summed E-state index contributed by atoms with van der Waals surface area (Å²) >= 11 is 0. The van der Waals surface area contributed by atoms with Gasteiger partial charge in [-0.2, -0.15) is 0 Å². The van der Waals surface area contributed by atoms with Crippen LogP contribution in [0.2, 0.25) is 0 Å². The number of carbonyl (C=O) groups excluding carboxylic acids is 3. The first-order valence-electron chi connectivity index (χ1n) is 8.46. The van der Waals surface area contributed by atoms with E-state index in [9.17, 15) is 24.6 Å². The molecule has 0 heterocycles. The number of ether oxygens (including phenoxy) is 2. The highest BCUT2D eigenvalue weighted by Crippen LogP contribution is 2.36. The number of esters is 1. The number of aromatic hydroxyl groups is 2. The Bertz CT molecular complexity index is 829. The lowest BCUT2D eigenvalue weighted by Gasteiger charge is -2.23. The Morgan fingerprint density at radius 1 is 1.07 bits per heavy atom. The van der Waals surface area contributed by atoms with Crippen LogP contribution in [0.4, 0.5) is 0 Å². The van der Waals surface area contributed by atoms with Gasteiger partial charge in [-0.1, -0.05) is 11.6 Å². The molecule has 2 rings (SSSR count). The molecule has 144 valence electrons. The summed E-state index contributed by atoms with van der Waals surface area (Å²) in [5.74, 6) is -2.37. The quantitative estimate of drug-likeness (QED) is 0.327. The van der Waals surface area contributed by atoms with Crippen molar-refractivity contribution >= 4 is 17.5 Å². The summed E-state index contributed by atoms with van der Waals surface area (Å²) < 4.78 is 10.5. The number of fused-ring (bicyclic) bond motifs is 1. The van der Waals surface area contributed by atoms with E-state index in [4.69, 9.17) is 9.47 Å². The second-order valence-corrected chi connectivity index (χ2v) is 6.36. The molecule has 1 aliphatic carbocycles. The fourth-order valence-electron chi connectivity index (χ4n) is 2.73. The number of ketones is 2. The second-order valence-electron chi connectivity index (χ2n) is 6.36. The predicted molar refractivity (Wildman–Crippen MR) is 96.9 cm³/mol. The van der Waals surface area contributed by atoms with Crippen molar-refractivity contribution < 1.29 is 34.1 Å². The van der Waals surface area contributed by atoms with E-state index >= 15 is 0 Å². The lowest BCUT2D eigenvalue weighted by molar-refractivity contribution is -0.142. The Balaban J connectivity index is 2.33. The van der Waals surface area contributed by atoms with Gasteiger partial charge in [0.1, 0.15) is 18.1 Å². The van der Waals surface area contributed by atoms with Crippen molar-refractivity contribution in [1.29, 1.82) is 0 Å². The van der Waals surface area contributed by atoms with Crippen LogP contribution in [0.15, 0.2) is 35.4 Å². The van der Waals surface area contributed by atoms with Gasteiger partial charge in [-0.15, -0.1) is 0 Å². The molecule has 1 aromatic carbocycles. The number of rotatable bonds is 7. The van der Waals surface area contributed by atoms with E-state index in [1.54, 1.807) is 0 Å². The van der Waals surface area contributed by atoms with Crippen LogP contribution in [0.5, 0.6) is 11.5 Å². The zero-order valence-electron chi connectivity index (χ0n) is 15.4. The van der Waals surface area contributed by atoms with Crippen LogP contribution in [0.1, 0.15) is 47.9 Å². The fraction of sp³-hybridized carbons (Fsp3) is 0.350. The SMILES string of the molecule is CC(=O)OCCO[C@H](CC=C(C)C)C1=CC(=O)c2c(O)ccc(O)c2C1=O. The van der Waals surface area contributed by atoms with Crippen LogP contribution < -0.4 is 0 Å². The van der Waals surface area contributed by atoms with E-state index in [-0.39, 0.29) is 41.4 Å². The third-order valence-electron chi connectivity index (χ3n) is 3.98. The van der Waals surface area contributed by atoms with Gasteiger partial charge in [-0.25, -0.2) is 0 Å². The predicted octanol–water partition coefficient (Wildman–Crippen LogP) is 2.71. The molecular formula is C20H22O7. The Kier molecular flexibility index (Phi) is 6.52. The second kappa shape index (κ2) is 8.64. The van der Waals surface area contributed by atoms with Crippen LogP contribution in [0, 0.1) is 0 Å². The van der Waals surface area contributed by atoms with Crippen LogP contribution in [-0.4, -0.2) is 47.1 Å². The number of carbonyl (C=O) groups is 3. The zero-order valence-corrected chi connectivity index (χ0v) is 15.4. The lowest BCUT2D eigenvalue weighted by atomic mass is 9.85. The third-order valence-corrected chi connectivity index (χ3v) is 3.98. The third kappa shape index (κ3) is 4.83. The molecule has 0 bridgehead atoms. The minimum Gasteiger partial charge on any atom is -0.507 e. The molecule has 0 unspecified atom stereocenters. The molecule has 0 saturated heterocycles. The number of hydrogen-bond acceptors (Lipinski definition) is 7. The standard InChI is InChI=1S/C20H22O7/c1-11(2)4-7-17(27-9-8-26-12(3)21)13-10-16(24)18-14(22)5-6-15(23)19(18)20(13)25/h4-6,10,17,22-23H,7-9H2,1-3H3/t17-/m1/s1. The van der Waals surface area contributed by atoms with Crippen molar-refractivity contribution in [2.45, 2.75) is 33.3 Å². The number of benzene rings is 1. The van der Waals surface area contributed by atoms with Gasteiger partial charge in [0.25, 0.3) is 0 Å². The molecule has 0 amide bonds. The summed E-state index contributed by atoms with van der Waals surface area (Å²) in [5, 5.41) is 19.9. The molecule has 1 aromatic rings. The Morgan fingerprint density at radius 3 is 2.30 bits per heavy atom. The number of allylic oxidation sites excluding steroid dienone is 2. The topological polar surface area (TPSA) is 110 Å². The first kappa shape index (κ1) is 20.4. The van der Waals surface area contributed by atoms with Gasteiger partial charge in [-0.05, 0) is 38.5 Å². The van der Waals surface area contributed by atoms with E-state index in [1.807, 2.05) is 19.9 Å². The van der Waals surface area contributed by atoms with Gasteiger partial charge in [0.15, 0.2) is 11.6 Å². The maximum absolute atomic E-state index is 12.9. The average molecular weight is 374 g/mol. The number of phenols is 2. The maximum Gasteiger partial charge on any atom is 0.302 e. The minimum atomic E-state index is -0.762. The van der Waals surface area contributed by atoms with Crippen LogP contribution in [-0.2, 0) is 14.3 Å². The summed E-state index contributed by atoms with van der Waals surface area (Å²) in [4.78, 5) is 36.2. The molecule has 27 heavy (non-hydrogen) atoms. The Hall–Kier alpha value is -2.93. The van der Waals surface area contributed by atoms with Crippen LogP contribution in [0.25, 0.3) is 0 Å². The van der Waals surface area contributed by atoms with Crippen molar-refractivity contribution in [1.82, 2.24) is 0 Å². The number of hydrogen-bond donors (Lipinski definition) is 2. The minimum absolute atomic E-state index is 0.0126. The molecule has 2 N–H and O–H groups in total. The smallest absolute Gasteiger partial charge is 0.302 e. The number of phenolic OH excluding ortho intramolecular Hbond substituents is 2. The Morgan fingerprint density at radius 2 is 1.70 bits per heavy atom. The first-order chi connectivity index (χ1) is 12.7. The largest absolute Gasteiger partial charge is 0.507 e. The molecule has 0 saturated carbocycles. The van der Waals surface area contributed by atoms with Crippen LogP contribution in [0.3, 0.4) is 0 Å². The number of Topliss-reactive ketones (excluding diaryl/α,β-unsaturated/α-hetero) is 1. The van der Waals surface area contributed by atoms with E-state index in [0.717, 1.165) is 23.8 Å². The average Bonchev–Trinajstić information content (AvgIpc) is 2.59. The zero-order chi connectivity index (χ0) is 20.1.